The fraction of sp³-hybridized carbons (Fsp3) is 0.500. The average Bonchev–Trinajstić information content (AvgIpc) is 2.38. The van der Waals surface area contributed by atoms with E-state index < -0.39 is 0 Å². The molecular formula is C16H25NO. The minimum absolute atomic E-state index is 0.251. The zero-order valence-corrected chi connectivity index (χ0v) is 11.4. The number of hydrogen-bond acceptors (Lipinski definition) is 2. The van der Waals surface area contributed by atoms with Crippen LogP contribution in [0.3, 0.4) is 0 Å². The topological polar surface area (TPSA) is 35.2 Å². The van der Waals surface area contributed by atoms with Crippen LogP contribution in [-0.2, 0) is 6.42 Å². The Kier molecular flexibility index (Phi) is 7.19. The van der Waals surface area contributed by atoms with Crippen molar-refractivity contribution in [2.24, 2.45) is 5.73 Å². The number of benzene rings is 1. The molecular weight excluding hydrogens is 222 g/mol. The monoisotopic (exact) mass is 247 g/mol. The molecule has 0 aliphatic heterocycles. The summed E-state index contributed by atoms with van der Waals surface area (Å²) in [6.45, 7) is 3.73. The van der Waals surface area contributed by atoms with Crippen molar-refractivity contribution in [2.75, 3.05) is 7.11 Å². The highest BCUT2D eigenvalue weighted by Gasteiger charge is 2.04. The molecule has 2 nitrogen and oxygen atoms in total. The molecule has 0 amide bonds. The quantitative estimate of drug-likeness (QED) is 0.533. The lowest BCUT2D eigenvalue weighted by Crippen LogP contribution is -2.22. The summed E-state index contributed by atoms with van der Waals surface area (Å²) >= 11 is 0. The van der Waals surface area contributed by atoms with Gasteiger partial charge in [-0.2, -0.15) is 0 Å². The van der Waals surface area contributed by atoms with Gasteiger partial charge in [-0.3, -0.25) is 0 Å². The summed E-state index contributed by atoms with van der Waals surface area (Å²) < 4.78 is 5.21. The predicted molar refractivity (Wildman–Crippen MR) is 78.0 cm³/mol. The summed E-state index contributed by atoms with van der Waals surface area (Å²) in [4.78, 5) is 0. The average molecular weight is 247 g/mol. The first-order valence-corrected chi connectivity index (χ1v) is 6.75. The molecule has 2 heteroatoms. The fourth-order valence-corrected chi connectivity index (χ4v) is 2.08. The van der Waals surface area contributed by atoms with E-state index in [1.54, 1.807) is 7.11 Å². The molecule has 0 saturated carbocycles. The zero-order valence-electron chi connectivity index (χ0n) is 11.4. The van der Waals surface area contributed by atoms with Gasteiger partial charge in [-0.05, 0) is 43.4 Å². The zero-order chi connectivity index (χ0) is 13.2. The summed E-state index contributed by atoms with van der Waals surface area (Å²) in [5.74, 6) is 0.908. The van der Waals surface area contributed by atoms with Gasteiger partial charge in [0.15, 0.2) is 0 Å². The Bertz CT molecular complexity index is 349. The van der Waals surface area contributed by atoms with Crippen LogP contribution in [0.15, 0.2) is 36.9 Å². The third-order valence-corrected chi connectivity index (χ3v) is 3.12. The van der Waals surface area contributed by atoms with E-state index in [1.165, 1.54) is 24.8 Å². The second-order valence-electron chi connectivity index (χ2n) is 4.74. The van der Waals surface area contributed by atoms with Crippen molar-refractivity contribution in [1.29, 1.82) is 0 Å². The molecule has 0 aliphatic rings. The Morgan fingerprint density at radius 1 is 1.33 bits per heavy atom. The van der Waals surface area contributed by atoms with Crippen molar-refractivity contribution in [3.8, 4) is 5.75 Å². The first kappa shape index (κ1) is 14.8. The largest absolute Gasteiger partial charge is 0.497 e. The Morgan fingerprint density at radius 2 is 2.17 bits per heavy atom. The standard InChI is InChI=1S/C16H25NO/c1-3-4-5-6-7-10-15(17)12-14-9-8-11-16(13-14)18-2/h3,8-9,11,13,15H,1,4-7,10,12,17H2,2H3. The molecule has 1 aromatic carbocycles. The van der Waals surface area contributed by atoms with E-state index in [2.05, 4.69) is 18.7 Å². The highest BCUT2D eigenvalue weighted by molar-refractivity contribution is 5.28. The molecule has 1 aromatic rings. The van der Waals surface area contributed by atoms with Gasteiger partial charge in [-0.25, -0.2) is 0 Å². The maximum Gasteiger partial charge on any atom is 0.119 e. The van der Waals surface area contributed by atoms with Crippen LogP contribution in [0.1, 0.15) is 37.7 Å². The number of rotatable bonds is 9. The van der Waals surface area contributed by atoms with E-state index in [0.29, 0.717) is 0 Å². The SMILES string of the molecule is C=CCCCCCC(N)Cc1cccc(OC)c1. The normalized spacial score (nSPS) is 12.1. The molecule has 0 saturated heterocycles. The molecule has 100 valence electrons. The first-order valence-electron chi connectivity index (χ1n) is 6.75. The summed E-state index contributed by atoms with van der Waals surface area (Å²) in [6.07, 6.45) is 8.81. The maximum absolute atomic E-state index is 6.15. The van der Waals surface area contributed by atoms with Gasteiger partial charge in [-0.15, -0.1) is 6.58 Å². The molecule has 0 fully saturated rings. The lowest BCUT2D eigenvalue weighted by molar-refractivity contribution is 0.414. The van der Waals surface area contributed by atoms with Gasteiger partial charge in [0.2, 0.25) is 0 Å². The van der Waals surface area contributed by atoms with E-state index in [4.69, 9.17) is 10.5 Å². The summed E-state index contributed by atoms with van der Waals surface area (Å²) in [7, 11) is 1.69. The van der Waals surface area contributed by atoms with Crippen molar-refractivity contribution in [3.05, 3.63) is 42.5 Å². The van der Waals surface area contributed by atoms with Crippen LogP contribution in [0.5, 0.6) is 5.75 Å². The van der Waals surface area contributed by atoms with Crippen LogP contribution < -0.4 is 10.5 Å². The number of methoxy groups -OCH3 is 1. The Labute approximate surface area is 111 Å². The molecule has 1 unspecified atom stereocenters. The third kappa shape index (κ3) is 5.87. The van der Waals surface area contributed by atoms with Crippen LogP contribution in [0.2, 0.25) is 0 Å². The molecule has 0 aliphatic carbocycles. The van der Waals surface area contributed by atoms with Crippen LogP contribution in [-0.4, -0.2) is 13.2 Å². The van der Waals surface area contributed by atoms with Gasteiger partial charge in [0.1, 0.15) is 5.75 Å². The first-order chi connectivity index (χ1) is 8.76. The van der Waals surface area contributed by atoms with Crippen LogP contribution >= 0.6 is 0 Å². The third-order valence-electron chi connectivity index (χ3n) is 3.12. The number of ether oxygens (including phenoxy) is 1. The Hall–Kier alpha value is -1.28. The highest BCUT2D eigenvalue weighted by Crippen LogP contribution is 2.15. The molecule has 0 aromatic heterocycles. The molecule has 0 radical (unpaired) electrons. The summed E-state index contributed by atoms with van der Waals surface area (Å²) in [5.41, 5.74) is 7.41. The minimum atomic E-state index is 0.251. The number of nitrogens with two attached hydrogens (primary N) is 1. The van der Waals surface area contributed by atoms with Gasteiger partial charge in [0, 0.05) is 6.04 Å². The molecule has 2 N–H and O–H groups in total. The lowest BCUT2D eigenvalue weighted by Gasteiger charge is -2.12. The van der Waals surface area contributed by atoms with Gasteiger partial charge < -0.3 is 10.5 Å². The molecule has 1 atom stereocenters. The number of hydrogen-bond donors (Lipinski definition) is 1. The van der Waals surface area contributed by atoms with Crippen LogP contribution in [0, 0.1) is 0 Å². The van der Waals surface area contributed by atoms with E-state index in [-0.39, 0.29) is 6.04 Å². The van der Waals surface area contributed by atoms with Crippen molar-refractivity contribution < 1.29 is 4.74 Å². The van der Waals surface area contributed by atoms with E-state index in [0.717, 1.165) is 25.0 Å². The fourth-order valence-electron chi connectivity index (χ4n) is 2.08. The second kappa shape index (κ2) is 8.76. The Balaban J connectivity index is 2.26. The van der Waals surface area contributed by atoms with Crippen LogP contribution in [0.25, 0.3) is 0 Å². The van der Waals surface area contributed by atoms with Gasteiger partial charge in [0.25, 0.3) is 0 Å². The summed E-state index contributed by atoms with van der Waals surface area (Å²) in [5, 5.41) is 0. The molecule has 0 heterocycles. The minimum Gasteiger partial charge on any atom is -0.497 e. The smallest absolute Gasteiger partial charge is 0.119 e. The molecule has 1 rings (SSSR count). The predicted octanol–water partition coefficient (Wildman–Crippen LogP) is 3.70. The lowest BCUT2D eigenvalue weighted by atomic mass is 10.0. The second-order valence-corrected chi connectivity index (χ2v) is 4.74. The van der Waals surface area contributed by atoms with Gasteiger partial charge in [0.05, 0.1) is 7.11 Å². The summed E-state index contributed by atoms with van der Waals surface area (Å²) in [6, 6.07) is 8.41. The maximum atomic E-state index is 6.15. The van der Waals surface area contributed by atoms with Crippen molar-refractivity contribution in [1.82, 2.24) is 0 Å². The molecule has 18 heavy (non-hydrogen) atoms. The van der Waals surface area contributed by atoms with E-state index >= 15 is 0 Å². The van der Waals surface area contributed by atoms with Gasteiger partial charge in [-0.1, -0.05) is 31.1 Å². The van der Waals surface area contributed by atoms with Crippen LogP contribution in [0.4, 0.5) is 0 Å². The van der Waals surface area contributed by atoms with Crippen molar-refractivity contribution in [2.45, 2.75) is 44.6 Å². The number of unbranched alkanes of at least 4 members (excludes halogenated alkanes) is 3. The van der Waals surface area contributed by atoms with E-state index in [9.17, 15) is 0 Å². The molecule has 0 bridgehead atoms. The molecule has 0 spiro atoms. The van der Waals surface area contributed by atoms with Crippen molar-refractivity contribution in [3.63, 3.8) is 0 Å². The highest BCUT2D eigenvalue weighted by atomic mass is 16.5. The van der Waals surface area contributed by atoms with Crippen molar-refractivity contribution >= 4 is 0 Å². The van der Waals surface area contributed by atoms with Gasteiger partial charge >= 0.3 is 0 Å². The Morgan fingerprint density at radius 3 is 2.89 bits per heavy atom. The number of allylic oxidation sites excluding steroid dienone is 1. The van der Waals surface area contributed by atoms with E-state index in [1.807, 2.05) is 18.2 Å².